The summed E-state index contributed by atoms with van der Waals surface area (Å²) in [7, 11) is 0. The highest BCUT2D eigenvalue weighted by Gasteiger charge is 2.16. The van der Waals surface area contributed by atoms with Gasteiger partial charge in [-0.2, -0.15) is 0 Å². The first kappa shape index (κ1) is 10.5. The van der Waals surface area contributed by atoms with Crippen LogP contribution in [0.15, 0.2) is 48.9 Å². The summed E-state index contributed by atoms with van der Waals surface area (Å²) in [5.74, 6) is -0.426. The predicted molar refractivity (Wildman–Crippen MR) is 65.4 cm³/mol. The molecule has 88 valence electrons. The smallest absolute Gasteiger partial charge is 0.356 e. The van der Waals surface area contributed by atoms with Gasteiger partial charge in [-0.05, 0) is 24.3 Å². The molecule has 3 rings (SSSR count). The number of carboxylic acid groups (broad SMARTS) is 1. The molecule has 3 aromatic rings. The Kier molecular flexibility index (Phi) is 2.30. The van der Waals surface area contributed by atoms with E-state index >= 15 is 0 Å². The molecule has 0 aliphatic carbocycles. The van der Waals surface area contributed by atoms with Crippen molar-refractivity contribution in [2.75, 3.05) is 0 Å². The largest absolute Gasteiger partial charge is 0.476 e. The van der Waals surface area contributed by atoms with Crippen molar-refractivity contribution >= 4 is 11.5 Å². The Balaban J connectivity index is 2.34. The second-order valence-electron chi connectivity index (χ2n) is 3.78. The molecule has 0 saturated carbocycles. The van der Waals surface area contributed by atoms with Crippen molar-refractivity contribution in [1.82, 2.24) is 14.4 Å². The fraction of sp³-hybridized carbons (Fsp3) is 0. The Labute approximate surface area is 102 Å². The average Bonchev–Trinajstić information content (AvgIpc) is 2.79. The van der Waals surface area contributed by atoms with Crippen LogP contribution in [0, 0.1) is 0 Å². The molecule has 0 saturated heterocycles. The number of carboxylic acids is 1. The normalized spacial score (nSPS) is 10.7. The summed E-state index contributed by atoms with van der Waals surface area (Å²) >= 11 is 0. The number of aromatic nitrogens is 3. The van der Waals surface area contributed by atoms with E-state index in [1.54, 1.807) is 47.3 Å². The van der Waals surface area contributed by atoms with Gasteiger partial charge in [0.2, 0.25) is 0 Å². The molecule has 0 unspecified atom stereocenters. The van der Waals surface area contributed by atoms with Crippen molar-refractivity contribution in [1.29, 1.82) is 0 Å². The van der Waals surface area contributed by atoms with Crippen molar-refractivity contribution in [3.8, 4) is 11.4 Å². The summed E-state index contributed by atoms with van der Waals surface area (Å²) in [4.78, 5) is 19.3. The van der Waals surface area contributed by atoms with Gasteiger partial charge in [-0.15, -0.1) is 0 Å². The summed E-state index contributed by atoms with van der Waals surface area (Å²) in [5, 5.41) is 9.15. The predicted octanol–water partition coefficient (Wildman–Crippen LogP) is 2.09. The first-order valence-electron chi connectivity index (χ1n) is 5.38. The molecular weight excluding hydrogens is 230 g/mol. The van der Waals surface area contributed by atoms with Crippen molar-refractivity contribution < 1.29 is 9.90 Å². The Morgan fingerprint density at radius 1 is 1.17 bits per heavy atom. The zero-order valence-corrected chi connectivity index (χ0v) is 9.32. The van der Waals surface area contributed by atoms with E-state index in [0.717, 1.165) is 5.56 Å². The third-order valence-electron chi connectivity index (χ3n) is 2.69. The molecule has 0 bridgehead atoms. The van der Waals surface area contributed by atoms with E-state index in [1.807, 2.05) is 6.07 Å². The van der Waals surface area contributed by atoms with Crippen LogP contribution in [0.1, 0.15) is 10.5 Å². The van der Waals surface area contributed by atoms with Gasteiger partial charge >= 0.3 is 5.97 Å². The molecule has 1 N–H and O–H groups in total. The van der Waals surface area contributed by atoms with E-state index in [-0.39, 0.29) is 5.69 Å². The standard InChI is InChI=1S/C13H9N3O2/c17-13(18)11-10-3-1-2-8-16(10)12(15-11)9-4-6-14-7-5-9/h1-8H,(H,17,18). The maximum atomic E-state index is 11.2. The van der Waals surface area contributed by atoms with Gasteiger partial charge < -0.3 is 5.11 Å². The molecule has 0 radical (unpaired) electrons. The maximum Gasteiger partial charge on any atom is 0.356 e. The number of carbonyl (C=O) groups is 1. The first-order valence-corrected chi connectivity index (χ1v) is 5.38. The van der Waals surface area contributed by atoms with Crippen LogP contribution in [0.4, 0.5) is 0 Å². The summed E-state index contributed by atoms with van der Waals surface area (Å²) < 4.78 is 1.76. The van der Waals surface area contributed by atoms with Gasteiger partial charge in [0.15, 0.2) is 5.69 Å². The van der Waals surface area contributed by atoms with Gasteiger partial charge in [0.1, 0.15) is 5.82 Å². The molecule has 0 amide bonds. The molecule has 0 spiro atoms. The van der Waals surface area contributed by atoms with Gasteiger partial charge in [-0.3, -0.25) is 9.38 Å². The molecule has 0 aromatic carbocycles. The lowest BCUT2D eigenvalue weighted by atomic mass is 10.2. The van der Waals surface area contributed by atoms with E-state index in [4.69, 9.17) is 5.11 Å². The van der Waals surface area contributed by atoms with Crippen LogP contribution in [-0.4, -0.2) is 25.4 Å². The number of rotatable bonds is 2. The molecule has 5 heteroatoms. The summed E-state index contributed by atoms with van der Waals surface area (Å²) in [6, 6.07) is 8.97. The lowest BCUT2D eigenvalue weighted by molar-refractivity contribution is 0.0693. The van der Waals surface area contributed by atoms with Gasteiger partial charge in [-0.25, -0.2) is 9.78 Å². The Morgan fingerprint density at radius 2 is 1.94 bits per heavy atom. The van der Waals surface area contributed by atoms with E-state index < -0.39 is 5.97 Å². The molecule has 3 heterocycles. The minimum atomic E-state index is -1.03. The van der Waals surface area contributed by atoms with Gasteiger partial charge in [0.25, 0.3) is 0 Å². The number of hydrogen-bond acceptors (Lipinski definition) is 3. The van der Waals surface area contributed by atoms with Crippen LogP contribution >= 0.6 is 0 Å². The van der Waals surface area contributed by atoms with Gasteiger partial charge in [0.05, 0.1) is 5.52 Å². The second kappa shape index (κ2) is 3.96. The lowest BCUT2D eigenvalue weighted by Crippen LogP contribution is -1.96. The summed E-state index contributed by atoms with van der Waals surface area (Å²) in [5.41, 5.74) is 1.47. The third kappa shape index (κ3) is 1.53. The summed E-state index contributed by atoms with van der Waals surface area (Å²) in [6.07, 6.45) is 5.10. The molecule has 0 aliphatic rings. The number of nitrogens with zero attached hydrogens (tertiary/aromatic N) is 3. The highest BCUT2D eigenvalue weighted by atomic mass is 16.4. The number of imidazole rings is 1. The van der Waals surface area contributed by atoms with Crippen molar-refractivity contribution in [2.45, 2.75) is 0 Å². The van der Waals surface area contributed by atoms with Gasteiger partial charge in [-0.1, -0.05) is 6.07 Å². The van der Waals surface area contributed by atoms with Crippen LogP contribution in [0.3, 0.4) is 0 Å². The highest BCUT2D eigenvalue weighted by molar-refractivity contribution is 5.94. The topological polar surface area (TPSA) is 67.5 Å². The lowest BCUT2D eigenvalue weighted by Gasteiger charge is -1.99. The Hall–Kier alpha value is -2.69. The first-order chi connectivity index (χ1) is 8.77. The van der Waals surface area contributed by atoms with E-state index in [1.165, 1.54) is 0 Å². The molecule has 0 aliphatic heterocycles. The molecular formula is C13H9N3O2. The fourth-order valence-corrected chi connectivity index (χ4v) is 1.90. The Morgan fingerprint density at radius 3 is 2.67 bits per heavy atom. The maximum absolute atomic E-state index is 11.2. The number of hydrogen-bond donors (Lipinski definition) is 1. The zero-order chi connectivity index (χ0) is 12.5. The van der Waals surface area contributed by atoms with E-state index in [9.17, 15) is 4.79 Å². The molecule has 3 aromatic heterocycles. The van der Waals surface area contributed by atoms with Crippen LogP contribution in [0.25, 0.3) is 16.9 Å². The van der Waals surface area contributed by atoms with Crippen molar-refractivity contribution in [3.63, 3.8) is 0 Å². The van der Waals surface area contributed by atoms with Crippen LogP contribution < -0.4 is 0 Å². The quantitative estimate of drug-likeness (QED) is 0.743. The number of pyridine rings is 2. The monoisotopic (exact) mass is 239 g/mol. The third-order valence-corrected chi connectivity index (χ3v) is 2.69. The summed E-state index contributed by atoms with van der Waals surface area (Å²) in [6.45, 7) is 0. The fourth-order valence-electron chi connectivity index (χ4n) is 1.90. The van der Waals surface area contributed by atoms with E-state index in [2.05, 4.69) is 9.97 Å². The van der Waals surface area contributed by atoms with Crippen molar-refractivity contribution in [2.24, 2.45) is 0 Å². The second-order valence-corrected chi connectivity index (χ2v) is 3.78. The van der Waals surface area contributed by atoms with Crippen LogP contribution in [-0.2, 0) is 0 Å². The number of aromatic carboxylic acids is 1. The SMILES string of the molecule is O=C(O)c1nc(-c2ccncc2)n2ccccc12. The average molecular weight is 239 g/mol. The molecule has 0 atom stereocenters. The van der Waals surface area contributed by atoms with Gasteiger partial charge in [0, 0.05) is 24.2 Å². The van der Waals surface area contributed by atoms with Crippen LogP contribution in [0.5, 0.6) is 0 Å². The molecule has 18 heavy (non-hydrogen) atoms. The van der Waals surface area contributed by atoms with Crippen molar-refractivity contribution in [3.05, 3.63) is 54.6 Å². The zero-order valence-electron chi connectivity index (χ0n) is 9.32. The molecule has 0 fully saturated rings. The van der Waals surface area contributed by atoms with Crippen LogP contribution in [0.2, 0.25) is 0 Å². The highest BCUT2D eigenvalue weighted by Crippen LogP contribution is 2.21. The minimum Gasteiger partial charge on any atom is -0.476 e. The Bertz CT molecular complexity index is 719. The van der Waals surface area contributed by atoms with E-state index in [0.29, 0.717) is 11.3 Å². The number of fused-ring (bicyclic) bond motifs is 1. The minimum absolute atomic E-state index is 0.0578. The molecule has 5 nitrogen and oxygen atoms in total.